The highest BCUT2D eigenvalue weighted by molar-refractivity contribution is 5.85. The molecule has 2 N–H and O–H groups in total. The highest BCUT2D eigenvalue weighted by atomic mass is 35.5. The zero-order valence-electron chi connectivity index (χ0n) is 14.5. The van der Waals surface area contributed by atoms with Crippen molar-refractivity contribution in [1.82, 2.24) is 9.88 Å². The van der Waals surface area contributed by atoms with Crippen molar-refractivity contribution >= 4 is 23.3 Å². The second-order valence-corrected chi connectivity index (χ2v) is 5.97. The van der Waals surface area contributed by atoms with Crippen LogP contribution in [0.15, 0.2) is 60.8 Å². The SMILES string of the molecule is CNC[C@@H](O)[C@H](c1ccc(OC(F)(F)F)cc1)n1ccc2ccccc21.Cl. The number of ether oxygens (including phenoxy) is 1. The van der Waals surface area contributed by atoms with Crippen molar-refractivity contribution in [3.63, 3.8) is 0 Å². The highest BCUT2D eigenvalue weighted by Gasteiger charge is 2.31. The Balaban J connectivity index is 0.00000261. The summed E-state index contributed by atoms with van der Waals surface area (Å²) in [6.45, 7) is 0.331. The Kier molecular flexibility index (Phi) is 6.75. The number of nitrogens with zero attached hydrogens (tertiary/aromatic N) is 1. The molecule has 3 rings (SSSR count). The maximum Gasteiger partial charge on any atom is 0.573 e. The molecular weight excluding hydrogens is 381 g/mol. The summed E-state index contributed by atoms with van der Waals surface area (Å²) in [5.74, 6) is -0.291. The van der Waals surface area contributed by atoms with Crippen LogP contribution in [0.5, 0.6) is 5.75 Å². The molecule has 0 fully saturated rings. The minimum absolute atomic E-state index is 0. The van der Waals surface area contributed by atoms with Gasteiger partial charge in [-0.15, -0.1) is 25.6 Å². The number of para-hydroxylation sites is 1. The molecule has 3 aromatic rings. The number of hydrogen-bond donors (Lipinski definition) is 2. The molecule has 1 heterocycles. The van der Waals surface area contributed by atoms with Gasteiger partial charge in [-0.3, -0.25) is 0 Å². The molecule has 8 heteroatoms. The first-order valence-corrected chi connectivity index (χ1v) is 8.13. The van der Waals surface area contributed by atoms with Gasteiger partial charge in [-0.25, -0.2) is 0 Å². The Labute approximate surface area is 161 Å². The van der Waals surface area contributed by atoms with Gasteiger partial charge in [-0.05, 0) is 42.3 Å². The molecule has 146 valence electrons. The average Bonchev–Trinajstić information content (AvgIpc) is 3.00. The summed E-state index contributed by atoms with van der Waals surface area (Å²) < 4.78 is 42.9. The van der Waals surface area contributed by atoms with E-state index in [-0.39, 0.29) is 18.2 Å². The maximum absolute atomic E-state index is 12.4. The number of rotatable bonds is 6. The molecule has 0 radical (unpaired) electrons. The number of aliphatic hydroxyl groups excluding tert-OH is 1. The van der Waals surface area contributed by atoms with Crippen LogP contribution in [0.3, 0.4) is 0 Å². The second kappa shape index (κ2) is 8.65. The van der Waals surface area contributed by atoms with E-state index >= 15 is 0 Å². The largest absolute Gasteiger partial charge is 0.573 e. The molecule has 27 heavy (non-hydrogen) atoms. The summed E-state index contributed by atoms with van der Waals surface area (Å²) >= 11 is 0. The van der Waals surface area contributed by atoms with Crippen LogP contribution in [-0.4, -0.2) is 35.7 Å². The average molecular weight is 401 g/mol. The highest BCUT2D eigenvalue weighted by Crippen LogP contribution is 2.30. The first-order chi connectivity index (χ1) is 12.4. The number of halogens is 4. The third-order valence-corrected chi connectivity index (χ3v) is 4.16. The van der Waals surface area contributed by atoms with Crippen molar-refractivity contribution < 1.29 is 23.0 Å². The van der Waals surface area contributed by atoms with Crippen LogP contribution in [0, 0.1) is 0 Å². The second-order valence-electron chi connectivity index (χ2n) is 5.97. The Bertz CT molecular complexity index is 865. The lowest BCUT2D eigenvalue weighted by Crippen LogP contribution is -2.33. The van der Waals surface area contributed by atoms with Crippen LogP contribution < -0.4 is 10.1 Å². The van der Waals surface area contributed by atoms with Gasteiger partial charge in [-0.2, -0.15) is 0 Å². The number of nitrogens with one attached hydrogen (secondary N) is 1. The first-order valence-electron chi connectivity index (χ1n) is 8.13. The number of fused-ring (bicyclic) bond motifs is 1. The Hall–Kier alpha value is -2.22. The molecule has 0 amide bonds. The van der Waals surface area contributed by atoms with E-state index < -0.39 is 18.5 Å². The van der Waals surface area contributed by atoms with E-state index in [2.05, 4.69) is 10.1 Å². The predicted molar refractivity (Wildman–Crippen MR) is 100 cm³/mol. The molecule has 0 aliphatic rings. The van der Waals surface area contributed by atoms with E-state index in [9.17, 15) is 18.3 Å². The van der Waals surface area contributed by atoms with E-state index in [0.717, 1.165) is 10.9 Å². The maximum atomic E-state index is 12.4. The monoisotopic (exact) mass is 400 g/mol. The molecule has 2 atom stereocenters. The van der Waals surface area contributed by atoms with Crippen LogP contribution in [0.25, 0.3) is 10.9 Å². The lowest BCUT2D eigenvalue weighted by Gasteiger charge is -2.26. The van der Waals surface area contributed by atoms with Crippen molar-refractivity contribution in [1.29, 1.82) is 0 Å². The van der Waals surface area contributed by atoms with Gasteiger partial charge in [0.1, 0.15) is 5.75 Å². The summed E-state index contributed by atoms with van der Waals surface area (Å²) in [5.41, 5.74) is 1.62. The summed E-state index contributed by atoms with van der Waals surface area (Å²) in [7, 11) is 1.73. The third-order valence-electron chi connectivity index (χ3n) is 4.16. The van der Waals surface area contributed by atoms with Crippen molar-refractivity contribution in [2.45, 2.75) is 18.5 Å². The van der Waals surface area contributed by atoms with E-state index in [1.807, 2.05) is 41.1 Å². The standard InChI is InChI=1S/C19H19F3N2O2.ClH/c1-23-12-17(25)18(24-11-10-13-4-2-3-5-16(13)24)14-6-8-15(9-7-14)26-19(20,21)22;/h2-11,17-18,23,25H,12H2,1H3;1H/t17-,18+;/m1./s1. The fraction of sp³-hybridized carbons (Fsp3) is 0.263. The van der Waals surface area contributed by atoms with Gasteiger partial charge in [-0.1, -0.05) is 30.3 Å². The van der Waals surface area contributed by atoms with Gasteiger partial charge in [0, 0.05) is 18.3 Å². The van der Waals surface area contributed by atoms with Crippen LogP contribution in [-0.2, 0) is 0 Å². The van der Waals surface area contributed by atoms with Crippen molar-refractivity contribution in [3.05, 3.63) is 66.4 Å². The minimum atomic E-state index is -4.73. The number of hydrogen-bond acceptors (Lipinski definition) is 3. The molecule has 0 saturated heterocycles. The third kappa shape index (κ3) is 4.94. The van der Waals surface area contributed by atoms with Gasteiger partial charge in [0.2, 0.25) is 0 Å². The predicted octanol–water partition coefficient (Wildman–Crippen LogP) is 4.13. The Morgan fingerprint density at radius 3 is 2.37 bits per heavy atom. The molecule has 0 saturated carbocycles. The van der Waals surface area contributed by atoms with Gasteiger partial charge >= 0.3 is 6.36 Å². The number of aliphatic hydroxyl groups is 1. The van der Waals surface area contributed by atoms with Crippen molar-refractivity contribution in [2.75, 3.05) is 13.6 Å². The summed E-state index contributed by atoms with van der Waals surface area (Å²) in [5, 5.41) is 14.6. The smallest absolute Gasteiger partial charge is 0.406 e. The fourth-order valence-electron chi connectivity index (χ4n) is 3.10. The summed E-state index contributed by atoms with van der Waals surface area (Å²) in [6.07, 6.45) is -3.64. The quantitative estimate of drug-likeness (QED) is 0.654. The molecule has 0 spiro atoms. The van der Waals surface area contributed by atoms with Gasteiger partial charge in [0.15, 0.2) is 0 Å². The number of likely N-dealkylation sites (N-methyl/N-ethyl adjacent to an activating group) is 1. The molecular formula is C19H20ClF3N2O2. The number of aromatic nitrogens is 1. The van der Waals surface area contributed by atoms with Gasteiger partial charge in [0.05, 0.1) is 12.1 Å². The summed E-state index contributed by atoms with van der Waals surface area (Å²) in [4.78, 5) is 0. The van der Waals surface area contributed by atoms with E-state index in [0.29, 0.717) is 12.1 Å². The van der Waals surface area contributed by atoms with Gasteiger partial charge in [0.25, 0.3) is 0 Å². The zero-order chi connectivity index (χ0) is 18.7. The summed E-state index contributed by atoms with van der Waals surface area (Å²) in [6, 6.07) is 14.8. The Morgan fingerprint density at radius 1 is 1.07 bits per heavy atom. The molecule has 1 aromatic heterocycles. The van der Waals surface area contributed by atoms with Crippen molar-refractivity contribution in [3.8, 4) is 5.75 Å². The normalized spacial score (nSPS) is 13.8. The zero-order valence-corrected chi connectivity index (χ0v) is 15.3. The molecule has 2 aromatic carbocycles. The molecule has 0 aliphatic heterocycles. The lowest BCUT2D eigenvalue weighted by atomic mass is 10.0. The van der Waals surface area contributed by atoms with Crippen LogP contribution in [0.1, 0.15) is 11.6 Å². The lowest BCUT2D eigenvalue weighted by molar-refractivity contribution is -0.274. The van der Waals surface area contributed by atoms with Crippen LogP contribution in [0.2, 0.25) is 0 Å². The number of alkyl halides is 3. The van der Waals surface area contributed by atoms with Crippen LogP contribution >= 0.6 is 12.4 Å². The van der Waals surface area contributed by atoms with E-state index in [1.54, 1.807) is 19.2 Å². The molecule has 0 aliphatic carbocycles. The van der Waals surface area contributed by atoms with E-state index in [4.69, 9.17) is 0 Å². The first kappa shape index (κ1) is 21.1. The van der Waals surface area contributed by atoms with Gasteiger partial charge < -0.3 is 19.7 Å². The fourth-order valence-corrected chi connectivity index (χ4v) is 3.10. The van der Waals surface area contributed by atoms with E-state index in [1.165, 1.54) is 12.1 Å². The molecule has 0 bridgehead atoms. The van der Waals surface area contributed by atoms with Crippen LogP contribution in [0.4, 0.5) is 13.2 Å². The molecule has 0 unspecified atom stereocenters. The topological polar surface area (TPSA) is 46.4 Å². The van der Waals surface area contributed by atoms with Crippen molar-refractivity contribution in [2.24, 2.45) is 0 Å². The number of benzene rings is 2. The minimum Gasteiger partial charge on any atom is -0.406 e. The Morgan fingerprint density at radius 2 is 1.74 bits per heavy atom. The molecule has 4 nitrogen and oxygen atoms in total.